The molecule has 2 aliphatic rings. The lowest BCUT2D eigenvalue weighted by Crippen LogP contribution is -2.33. The van der Waals surface area contributed by atoms with Crippen molar-refractivity contribution in [3.63, 3.8) is 0 Å². The third-order valence-electron chi connectivity index (χ3n) is 4.08. The summed E-state index contributed by atoms with van der Waals surface area (Å²) >= 11 is 0. The number of fused-ring (bicyclic) bond motifs is 2. The number of halogens is 2. The molecule has 0 aromatic heterocycles. The van der Waals surface area contributed by atoms with E-state index in [9.17, 15) is 14.0 Å². The maximum atomic E-state index is 13.7. The van der Waals surface area contributed by atoms with Gasteiger partial charge in [-0.2, -0.15) is 5.26 Å². The predicted octanol–water partition coefficient (Wildman–Crippen LogP) is 2.97. The molecule has 2 nitrogen and oxygen atoms in total. The molecule has 94 valence electrons. The summed E-state index contributed by atoms with van der Waals surface area (Å²) in [6.07, 6.45) is 2.66. The van der Waals surface area contributed by atoms with Gasteiger partial charge in [0.05, 0.1) is 23.7 Å². The van der Waals surface area contributed by atoms with Crippen molar-refractivity contribution in [2.45, 2.75) is 37.9 Å². The minimum Gasteiger partial charge on any atom is -0.373 e. The van der Waals surface area contributed by atoms with Gasteiger partial charge in [0, 0.05) is 0 Å². The molecule has 0 radical (unpaired) electrons. The molecule has 2 bridgehead atoms. The minimum atomic E-state index is -0.857. The minimum absolute atomic E-state index is 0.117. The SMILES string of the molecule is N#CC1(Cc2cccc(F)c2F)CC2CCC1O2. The molecule has 1 aromatic rings. The van der Waals surface area contributed by atoms with Crippen LogP contribution in [0.5, 0.6) is 0 Å². The molecule has 2 fully saturated rings. The first-order chi connectivity index (χ1) is 8.64. The predicted molar refractivity (Wildman–Crippen MR) is 60.6 cm³/mol. The van der Waals surface area contributed by atoms with Crippen molar-refractivity contribution < 1.29 is 13.5 Å². The zero-order valence-corrected chi connectivity index (χ0v) is 9.83. The molecule has 0 saturated carbocycles. The van der Waals surface area contributed by atoms with Gasteiger partial charge in [-0.25, -0.2) is 8.78 Å². The number of nitriles is 1. The zero-order valence-electron chi connectivity index (χ0n) is 9.83. The van der Waals surface area contributed by atoms with E-state index in [-0.39, 0.29) is 24.2 Å². The lowest BCUT2D eigenvalue weighted by molar-refractivity contribution is 0.0785. The molecule has 3 unspecified atom stereocenters. The molecule has 2 heterocycles. The molecule has 0 N–H and O–H groups in total. The fourth-order valence-electron chi connectivity index (χ4n) is 3.17. The number of hydrogen-bond donors (Lipinski definition) is 0. The normalized spacial score (nSPS) is 33.6. The maximum absolute atomic E-state index is 13.7. The van der Waals surface area contributed by atoms with Crippen LogP contribution in [-0.4, -0.2) is 12.2 Å². The van der Waals surface area contributed by atoms with Crippen LogP contribution in [0.4, 0.5) is 8.78 Å². The van der Waals surface area contributed by atoms with E-state index in [0.717, 1.165) is 18.9 Å². The second-order valence-corrected chi connectivity index (χ2v) is 5.19. The number of hydrogen-bond acceptors (Lipinski definition) is 2. The second-order valence-electron chi connectivity index (χ2n) is 5.19. The Balaban J connectivity index is 1.92. The molecule has 2 saturated heterocycles. The van der Waals surface area contributed by atoms with Crippen LogP contribution >= 0.6 is 0 Å². The Morgan fingerprint density at radius 1 is 1.39 bits per heavy atom. The summed E-state index contributed by atoms with van der Waals surface area (Å²) in [5.74, 6) is -1.69. The topological polar surface area (TPSA) is 33.0 Å². The number of rotatable bonds is 2. The molecule has 0 amide bonds. The first-order valence-electron chi connectivity index (χ1n) is 6.14. The van der Waals surface area contributed by atoms with Crippen molar-refractivity contribution >= 4 is 0 Å². The van der Waals surface area contributed by atoms with Gasteiger partial charge in [0.2, 0.25) is 0 Å². The third kappa shape index (κ3) is 1.62. The van der Waals surface area contributed by atoms with Crippen molar-refractivity contribution in [1.29, 1.82) is 5.26 Å². The van der Waals surface area contributed by atoms with Crippen LogP contribution < -0.4 is 0 Å². The van der Waals surface area contributed by atoms with Gasteiger partial charge in [0.25, 0.3) is 0 Å². The molecular formula is C14H13F2NO. The van der Waals surface area contributed by atoms with Crippen LogP contribution in [0.2, 0.25) is 0 Å². The molecular weight excluding hydrogens is 236 g/mol. The van der Waals surface area contributed by atoms with Crippen molar-refractivity contribution in [1.82, 2.24) is 0 Å². The van der Waals surface area contributed by atoms with E-state index in [1.54, 1.807) is 6.07 Å². The van der Waals surface area contributed by atoms with E-state index in [0.29, 0.717) is 6.42 Å². The highest BCUT2D eigenvalue weighted by atomic mass is 19.2. The Bertz CT molecular complexity index is 525. The van der Waals surface area contributed by atoms with E-state index in [2.05, 4.69) is 6.07 Å². The van der Waals surface area contributed by atoms with Gasteiger partial charge in [0.15, 0.2) is 11.6 Å². The number of benzene rings is 1. The van der Waals surface area contributed by atoms with Crippen LogP contribution in [-0.2, 0) is 11.2 Å². The molecule has 2 aliphatic heterocycles. The van der Waals surface area contributed by atoms with Gasteiger partial charge < -0.3 is 4.74 Å². The highest BCUT2D eigenvalue weighted by Crippen LogP contribution is 2.49. The van der Waals surface area contributed by atoms with Crippen molar-refractivity contribution in [2.75, 3.05) is 0 Å². The highest BCUT2D eigenvalue weighted by Gasteiger charge is 2.53. The zero-order chi connectivity index (χ0) is 12.8. The second kappa shape index (κ2) is 4.03. The Morgan fingerprint density at radius 2 is 2.22 bits per heavy atom. The van der Waals surface area contributed by atoms with Crippen molar-refractivity contribution in [2.24, 2.45) is 5.41 Å². The molecule has 0 aliphatic carbocycles. The molecule has 18 heavy (non-hydrogen) atoms. The van der Waals surface area contributed by atoms with E-state index in [4.69, 9.17) is 4.74 Å². The molecule has 0 spiro atoms. The fraction of sp³-hybridized carbons (Fsp3) is 0.500. The summed E-state index contributed by atoms with van der Waals surface area (Å²) in [6.45, 7) is 0. The van der Waals surface area contributed by atoms with Crippen molar-refractivity contribution in [3.05, 3.63) is 35.4 Å². The van der Waals surface area contributed by atoms with E-state index in [1.165, 1.54) is 6.07 Å². The Labute approximate surface area is 104 Å². The van der Waals surface area contributed by atoms with Gasteiger partial charge in [-0.1, -0.05) is 12.1 Å². The lowest BCUT2D eigenvalue weighted by atomic mass is 9.71. The average Bonchev–Trinajstić information content (AvgIpc) is 2.96. The number of nitrogens with zero attached hydrogens (tertiary/aromatic N) is 1. The monoisotopic (exact) mass is 249 g/mol. The Hall–Kier alpha value is -1.47. The smallest absolute Gasteiger partial charge is 0.162 e. The van der Waals surface area contributed by atoms with Gasteiger partial charge >= 0.3 is 0 Å². The quantitative estimate of drug-likeness (QED) is 0.807. The third-order valence-corrected chi connectivity index (χ3v) is 4.08. The standard InChI is InChI=1S/C14H13F2NO/c15-11-3-1-2-9(13(11)16)6-14(8-17)7-10-4-5-12(14)18-10/h1-3,10,12H,4-7H2. The van der Waals surface area contributed by atoms with Crippen LogP contribution in [0.15, 0.2) is 18.2 Å². The fourth-order valence-corrected chi connectivity index (χ4v) is 3.17. The van der Waals surface area contributed by atoms with Crippen LogP contribution in [0.1, 0.15) is 24.8 Å². The largest absolute Gasteiger partial charge is 0.373 e. The lowest BCUT2D eigenvalue weighted by Gasteiger charge is -2.28. The summed E-state index contributed by atoms with van der Waals surface area (Å²) < 4.78 is 32.5. The molecule has 1 aromatic carbocycles. The van der Waals surface area contributed by atoms with Gasteiger partial charge in [-0.05, 0) is 37.3 Å². The Kier molecular flexibility index (Phi) is 2.60. The first kappa shape index (κ1) is 11.6. The van der Waals surface area contributed by atoms with Crippen LogP contribution in [0.25, 0.3) is 0 Å². The molecule has 4 heteroatoms. The summed E-state index contributed by atoms with van der Waals surface area (Å²) in [6, 6.07) is 6.41. The Morgan fingerprint density at radius 3 is 2.83 bits per heavy atom. The molecule has 3 atom stereocenters. The van der Waals surface area contributed by atoms with Gasteiger partial charge in [-0.3, -0.25) is 0 Å². The highest BCUT2D eigenvalue weighted by molar-refractivity contribution is 5.25. The van der Waals surface area contributed by atoms with E-state index >= 15 is 0 Å². The molecule has 3 rings (SSSR count). The number of ether oxygens (including phenoxy) is 1. The maximum Gasteiger partial charge on any atom is 0.162 e. The van der Waals surface area contributed by atoms with E-state index in [1.807, 2.05) is 0 Å². The van der Waals surface area contributed by atoms with Crippen molar-refractivity contribution in [3.8, 4) is 6.07 Å². The van der Waals surface area contributed by atoms with E-state index < -0.39 is 17.0 Å². The summed E-state index contributed by atoms with van der Waals surface area (Å²) in [5.41, 5.74) is -0.412. The summed E-state index contributed by atoms with van der Waals surface area (Å²) in [4.78, 5) is 0. The van der Waals surface area contributed by atoms with Crippen LogP contribution in [0, 0.1) is 28.4 Å². The van der Waals surface area contributed by atoms with Gasteiger partial charge in [0.1, 0.15) is 0 Å². The average molecular weight is 249 g/mol. The summed E-state index contributed by atoms with van der Waals surface area (Å²) in [7, 11) is 0. The summed E-state index contributed by atoms with van der Waals surface area (Å²) in [5, 5.41) is 9.41. The van der Waals surface area contributed by atoms with Crippen LogP contribution in [0.3, 0.4) is 0 Å². The first-order valence-corrected chi connectivity index (χ1v) is 6.14. The van der Waals surface area contributed by atoms with Gasteiger partial charge in [-0.15, -0.1) is 0 Å².